The first-order chi connectivity index (χ1) is 12.3. The number of furan rings is 1. The molecule has 1 aromatic carbocycles. The highest BCUT2D eigenvalue weighted by atomic mass is 16.5. The summed E-state index contributed by atoms with van der Waals surface area (Å²) in [5.74, 6) is 3.44. The number of piperidine rings is 3. The van der Waals surface area contributed by atoms with Crippen LogP contribution in [0.4, 0.5) is 0 Å². The Labute approximate surface area is 149 Å². The lowest BCUT2D eigenvalue weighted by Gasteiger charge is -2.51. The Balaban J connectivity index is 1.48. The van der Waals surface area contributed by atoms with E-state index in [1.165, 1.54) is 31.5 Å². The van der Waals surface area contributed by atoms with Crippen LogP contribution < -0.4 is 4.74 Å². The van der Waals surface area contributed by atoms with Crippen molar-refractivity contribution in [2.75, 3.05) is 26.7 Å². The van der Waals surface area contributed by atoms with E-state index in [2.05, 4.69) is 34.1 Å². The molecular formula is C21H26N2O2. The summed E-state index contributed by atoms with van der Waals surface area (Å²) < 4.78 is 11.1. The Bertz CT molecular complexity index is 721. The summed E-state index contributed by atoms with van der Waals surface area (Å²) in [7, 11) is 1.76. The molecular weight excluding hydrogens is 312 g/mol. The second kappa shape index (κ2) is 6.19. The summed E-state index contributed by atoms with van der Waals surface area (Å²) in [5, 5.41) is 0. The van der Waals surface area contributed by atoms with Crippen LogP contribution in [0.2, 0.25) is 0 Å². The molecule has 0 N–H and O–H groups in total. The van der Waals surface area contributed by atoms with Gasteiger partial charge in [-0.15, -0.1) is 0 Å². The van der Waals surface area contributed by atoms with Gasteiger partial charge in [-0.1, -0.05) is 12.1 Å². The van der Waals surface area contributed by atoms with Crippen LogP contribution in [0, 0.1) is 5.92 Å². The minimum absolute atomic E-state index is 0.554. The second-order valence-electron chi connectivity index (χ2n) is 7.75. The van der Waals surface area contributed by atoms with Gasteiger partial charge in [0.1, 0.15) is 11.5 Å². The van der Waals surface area contributed by atoms with Gasteiger partial charge in [0, 0.05) is 24.5 Å². The van der Waals surface area contributed by atoms with Gasteiger partial charge in [-0.25, -0.2) is 0 Å². The van der Waals surface area contributed by atoms with Gasteiger partial charge in [-0.3, -0.25) is 9.80 Å². The lowest BCUT2D eigenvalue weighted by molar-refractivity contribution is -0.0102. The van der Waals surface area contributed by atoms with E-state index in [0.29, 0.717) is 18.0 Å². The quantitative estimate of drug-likeness (QED) is 0.855. The van der Waals surface area contributed by atoms with Crippen molar-refractivity contribution in [2.24, 2.45) is 5.92 Å². The molecule has 4 heteroatoms. The average Bonchev–Trinajstić information content (AvgIpc) is 3.32. The van der Waals surface area contributed by atoms with Crippen LogP contribution in [0.15, 0.2) is 47.1 Å². The van der Waals surface area contributed by atoms with E-state index in [0.717, 1.165) is 30.5 Å². The summed E-state index contributed by atoms with van der Waals surface area (Å²) in [5.41, 5.74) is 1.42. The minimum atomic E-state index is 0.554. The van der Waals surface area contributed by atoms with E-state index in [1.807, 2.05) is 12.1 Å². The van der Waals surface area contributed by atoms with Crippen molar-refractivity contribution in [2.45, 2.75) is 37.4 Å². The van der Waals surface area contributed by atoms with Crippen molar-refractivity contribution in [3.05, 3.63) is 54.0 Å². The largest absolute Gasteiger partial charge is 0.497 e. The molecule has 0 spiro atoms. The number of hydrogen-bond donors (Lipinski definition) is 0. The molecule has 4 aliphatic heterocycles. The zero-order chi connectivity index (χ0) is 16.8. The van der Waals surface area contributed by atoms with Gasteiger partial charge in [-0.2, -0.15) is 0 Å². The van der Waals surface area contributed by atoms with E-state index < -0.39 is 0 Å². The summed E-state index contributed by atoms with van der Waals surface area (Å²) in [4.78, 5) is 5.43. The Hall–Kier alpha value is -1.78. The highest BCUT2D eigenvalue weighted by Gasteiger charge is 2.53. The molecule has 4 fully saturated rings. The molecule has 0 unspecified atom stereocenters. The monoisotopic (exact) mass is 338 g/mol. The molecule has 1 aromatic heterocycles. The van der Waals surface area contributed by atoms with Gasteiger partial charge in [0.15, 0.2) is 0 Å². The number of benzene rings is 1. The molecule has 2 aromatic rings. The van der Waals surface area contributed by atoms with E-state index >= 15 is 0 Å². The van der Waals surface area contributed by atoms with Gasteiger partial charge < -0.3 is 9.15 Å². The van der Waals surface area contributed by atoms with Crippen molar-refractivity contribution in [1.29, 1.82) is 0 Å². The molecule has 4 nitrogen and oxygen atoms in total. The van der Waals surface area contributed by atoms with Crippen LogP contribution >= 0.6 is 0 Å². The first-order valence-corrected chi connectivity index (χ1v) is 9.48. The van der Waals surface area contributed by atoms with Gasteiger partial charge >= 0.3 is 0 Å². The van der Waals surface area contributed by atoms with Crippen LogP contribution in [0.3, 0.4) is 0 Å². The Morgan fingerprint density at radius 1 is 1.12 bits per heavy atom. The first-order valence-electron chi connectivity index (χ1n) is 9.48. The van der Waals surface area contributed by atoms with Crippen LogP contribution in [0.5, 0.6) is 5.75 Å². The lowest BCUT2D eigenvalue weighted by atomic mass is 9.75. The minimum Gasteiger partial charge on any atom is -0.497 e. The van der Waals surface area contributed by atoms with Crippen LogP contribution in [-0.4, -0.2) is 48.6 Å². The van der Waals surface area contributed by atoms with Crippen molar-refractivity contribution < 1.29 is 9.15 Å². The zero-order valence-corrected chi connectivity index (χ0v) is 14.8. The fraction of sp³-hybridized carbons (Fsp3) is 0.524. The average molecular weight is 338 g/mol. The van der Waals surface area contributed by atoms with Crippen LogP contribution in [0.1, 0.15) is 30.1 Å². The van der Waals surface area contributed by atoms with Crippen molar-refractivity contribution >= 4 is 0 Å². The standard InChI is InChI=1S/C21H26N2O2/c1-24-17-5-2-4-16(12-17)19-14-23(13-18-6-3-11-25-18)20-15-7-9-22(10-8-15)21(19)20/h2-6,11-12,15,19-21H,7-10,13-14H2,1H3/t19-,20-,21-/m0/s1. The smallest absolute Gasteiger partial charge is 0.119 e. The molecule has 0 aliphatic carbocycles. The maximum atomic E-state index is 5.66. The van der Waals surface area contributed by atoms with Crippen molar-refractivity contribution in [1.82, 2.24) is 9.80 Å². The lowest BCUT2D eigenvalue weighted by Crippen LogP contribution is -2.59. The number of methoxy groups -OCH3 is 1. The number of nitrogens with zero attached hydrogens (tertiary/aromatic N) is 2. The highest BCUT2D eigenvalue weighted by molar-refractivity contribution is 5.34. The second-order valence-corrected chi connectivity index (χ2v) is 7.75. The zero-order valence-electron chi connectivity index (χ0n) is 14.8. The molecule has 4 aliphatic rings. The molecule has 25 heavy (non-hydrogen) atoms. The van der Waals surface area contributed by atoms with Crippen LogP contribution in [-0.2, 0) is 6.54 Å². The summed E-state index contributed by atoms with van der Waals surface area (Å²) in [6.45, 7) is 4.57. The Morgan fingerprint density at radius 2 is 2.00 bits per heavy atom. The maximum absolute atomic E-state index is 5.66. The molecule has 5 heterocycles. The fourth-order valence-electron chi connectivity index (χ4n) is 5.49. The predicted molar refractivity (Wildman–Crippen MR) is 96.7 cm³/mol. The number of likely N-dealkylation sites (tertiary alicyclic amines) is 1. The molecule has 0 radical (unpaired) electrons. The van der Waals surface area contributed by atoms with Gasteiger partial charge in [0.2, 0.25) is 0 Å². The molecule has 0 amide bonds. The summed E-state index contributed by atoms with van der Waals surface area (Å²) in [6, 6.07) is 14.1. The summed E-state index contributed by atoms with van der Waals surface area (Å²) in [6.07, 6.45) is 4.49. The molecule has 132 valence electrons. The number of rotatable bonds is 4. The maximum Gasteiger partial charge on any atom is 0.119 e. The van der Waals surface area contributed by atoms with E-state index in [-0.39, 0.29) is 0 Å². The van der Waals surface area contributed by atoms with Gasteiger partial charge in [-0.05, 0) is 61.7 Å². The third kappa shape index (κ3) is 2.59. The van der Waals surface area contributed by atoms with E-state index in [1.54, 1.807) is 13.4 Å². The van der Waals surface area contributed by atoms with Gasteiger partial charge in [0.25, 0.3) is 0 Å². The van der Waals surface area contributed by atoms with Crippen molar-refractivity contribution in [3.63, 3.8) is 0 Å². The Morgan fingerprint density at radius 3 is 2.76 bits per heavy atom. The topological polar surface area (TPSA) is 28.9 Å². The molecule has 6 rings (SSSR count). The molecule has 3 atom stereocenters. The molecule has 2 bridgehead atoms. The summed E-state index contributed by atoms with van der Waals surface area (Å²) >= 11 is 0. The van der Waals surface area contributed by atoms with Crippen molar-refractivity contribution in [3.8, 4) is 5.75 Å². The fourth-order valence-corrected chi connectivity index (χ4v) is 5.49. The first kappa shape index (κ1) is 15.5. The number of ether oxygens (including phenoxy) is 1. The predicted octanol–water partition coefficient (Wildman–Crippen LogP) is 3.35. The number of hydrogen-bond acceptors (Lipinski definition) is 4. The third-order valence-electron chi connectivity index (χ3n) is 6.55. The van der Waals surface area contributed by atoms with E-state index in [9.17, 15) is 0 Å². The van der Waals surface area contributed by atoms with Gasteiger partial charge in [0.05, 0.1) is 19.9 Å². The third-order valence-corrected chi connectivity index (χ3v) is 6.55. The highest BCUT2D eigenvalue weighted by Crippen LogP contribution is 2.47. The SMILES string of the molecule is COc1cccc([C@@H]2CN(Cc3ccco3)[C@H]3C4CCN(CC4)[C@@H]23)c1. The Kier molecular flexibility index (Phi) is 3.83. The molecule has 0 saturated carbocycles. The van der Waals surface area contributed by atoms with E-state index in [4.69, 9.17) is 9.15 Å². The van der Waals surface area contributed by atoms with Crippen LogP contribution in [0.25, 0.3) is 0 Å². The normalized spacial score (nSPS) is 34.2. The molecule has 4 saturated heterocycles. The number of fused-ring (bicyclic) bond motifs is 2.